The van der Waals surface area contributed by atoms with Crippen molar-refractivity contribution < 1.29 is 9.84 Å². The quantitative estimate of drug-likeness (QED) is 0.747. The van der Waals surface area contributed by atoms with Crippen molar-refractivity contribution in [1.29, 1.82) is 0 Å². The first-order chi connectivity index (χ1) is 11.9. The van der Waals surface area contributed by atoms with Gasteiger partial charge in [0, 0.05) is 17.8 Å². The van der Waals surface area contributed by atoms with E-state index in [1.165, 1.54) is 0 Å². The van der Waals surface area contributed by atoms with Crippen LogP contribution in [-0.2, 0) is 13.0 Å². The molecule has 1 aliphatic rings. The number of hydrogen-bond acceptors (Lipinski definition) is 4. The van der Waals surface area contributed by atoms with Crippen LogP contribution in [0.15, 0.2) is 29.1 Å². The van der Waals surface area contributed by atoms with Gasteiger partial charge in [-0.2, -0.15) is 0 Å². The summed E-state index contributed by atoms with van der Waals surface area (Å²) in [6.07, 6.45) is 2.48. The lowest BCUT2D eigenvalue weighted by molar-refractivity contribution is 0.136. The van der Waals surface area contributed by atoms with E-state index in [4.69, 9.17) is 4.74 Å². The SMILES string of the molecule is Cc1cc(C)c(CNC(O)c2ccc3c(c2)CCCC(C)O3)c(=O)[nH]1. The molecule has 5 heteroatoms. The third kappa shape index (κ3) is 4.11. The third-order valence-electron chi connectivity index (χ3n) is 4.75. The van der Waals surface area contributed by atoms with Gasteiger partial charge in [0.15, 0.2) is 0 Å². The van der Waals surface area contributed by atoms with Crippen LogP contribution in [0.3, 0.4) is 0 Å². The Morgan fingerprint density at radius 1 is 1.36 bits per heavy atom. The number of aryl methyl sites for hydroxylation is 3. The lowest BCUT2D eigenvalue weighted by Crippen LogP contribution is -2.26. The molecule has 0 bridgehead atoms. The minimum Gasteiger partial charge on any atom is -0.490 e. The summed E-state index contributed by atoms with van der Waals surface area (Å²) in [5.41, 5.74) is 4.22. The lowest BCUT2D eigenvalue weighted by Gasteiger charge is -2.17. The Labute approximate surface area is 148 Å². The number of hydrogen-bond donors (Lipinski definition) is 3. The second kappa shape index (κ2) is 7.42. The van der Waals surface area contributed by atoms with Crippen molar-refractivity contribution >= 4 is 0 Å². The van der Waals surface area contributed by atoms with Crippen LogP contribution in [0.4, 0.5) is 0 Å². The average molecular weight is 342 g/mol. The Hall–Kier alpha value is -2.11. The van der Waals surface area contributed by atoms with Gasteiger partial charge in [-0.15, -0.1) is 0 Å². The highest BCUT2D eigenvalue weighted by atomic mass is 16.5. The molecule has 5 nitrogen and oxygen atoms in total. The van der Waals surface area contributed by atoms with Crippen LogP contribution in [0, 0.1) is 13.8 Å². The van der Waals surface area contributed by atoms with Crippen molar-refractivity contribution in [2.75, 3.05) is 0 Å². The van der Waals surface area contributed by atoms with Crippen LogP contribution >= 0.6 is 0 Å². The molecule has 0 fully saturated rings. The minimum absolute atomic E-state index is 0.110. The zero-order chi connectivity index (χ0) is 18.0. The molecular formula is C20H26N2O3. The van der Waals surface area contributed by atoms with Crippen LogP contribution < -0.4 is 15.6 Å². The summed E-state index contributed by atoms with van der Waals surface area (Å²) in [4.78, 5) is 14.9. The molecule has 25 heavy (non-hydrogen) atoms. The number of aliphatic hydroxyl groups excluding tert-OH is 1. The molecule has 1 aromatic heterocycles. The summed E-state index contributed by atoms with van der Waals surface area (Å²) in [5.74, 6) is 0.909. The first kappa shape index (κ1) is 17.7. The van der Waals surface area contributed by atoms with Crippen LogP contribution in [0.1, 0.15) is 53.9 Å². The van der Waals surface area contributed by atoms with E-state index >= 15 is 0 Å². The highest BCUT2D eigenvalue weighted by Gasteiger charge is 2.17. The first-order valence-corrected chi connectivity index (χ1v) is 8.84. The van der Waals surface area contributed by atoms with Crippen LogP contribution in [-0.4, -0.2) is 16.2 Å². The van der Waals surface area contributed by atoms with E-state index in [1.807, 2.05) is 38.1 Å². The first-order valence-electron chi connectivity index (χ1n) is 8.84. The fourth-order valence-electron chi connectivity index (χ4n) is 3.35. The summed E-state index contributed by atoms with van der Waals surface area (Å²) in [6, 6.07) is 7.74. The smallest absolute Gasteiger partial charge is 0.252 e. The predicted molar refractivity (Wildman–Crippen MR) is 97.8 cm³/mol. The summed E-state index contributed by atoms with van der Waals surface area (Å²) in [6.45, 7) is 6.17. The molecule has 2 heterocycles. The number of rotatable bonds is 4. The van der Waals surface area contributed by atoms with Gasteiger partial charge >= 0.3 is 0 Å². The van der Waals surface area contributed by atoms with Crippen molar-refractivity contribution in [2.45, 2.75) is 58.9 Å². The Morgan fingerprint density at radius 2 is 2.16 bits per heavy atom. The zero-order valence-electron chi connectivity index (χ0n) is 15.1. The molecule has 0 saturated heterocycles. The molecule has 2 atom stereocenters. The maximum atomic E-state index is 12.1. The maximum Gasteiger partial charge on any atom is 0.252 e. The number of aromatic nitrogens is 1. The van der Waals surface area contributed by atoms with E-state index in [2.05, 4.69) is 17.2 Å². The van der Waals surface area contributed by atoms with Gasteiger partial charge in [0.2, 0.25) is 0 Å². The number of fused-ring (bicyclic) bond motifs is 1. The van der Waals surface area contributed by atoms with Crippen LogP contribution in [0.5, 0.6) is 5.75 Å². The van der Waals surface area contributed by atoms with Gasteiger partial charge < -0.3 is 14.8 Å². The standard InChI is InChI=1S/C20H26N2O3/c1-12-9-13(2)22-20(24)17(12)11-21-19(23)16-7-8-18-15(10-16)6-4-5-14(3)25-18/h7-10,14,19,21,23H,4-6,11H2,1-3H3,(H,22,24). The van der Waals surface area contributed by atoms with E-state index in [1.54, 1.807) is 0 Å². The van der Waals surface area contributed by atoms with E-state index in [9.17, 15) is 9.90 Å². The summed E-state index contributed by atoms with van der Waals surface area (Å²) in [7, 11) is 0. The fourth-order valence-corrected chi connectivity index (χ4v) is 3.35. The zero-order valence-corrected chi connectivity index (χ0v) is 15.1. The Balaban J connectivity index is 1.73. The van der Waals surface area contributed by atoms with Gasteiger partial charge in [-0.05, 0) is 74.9 Å². The summed E-state index contributed by atoms with van der Waals surface area (Å²) < 4.78 is 5.92. The van der Waals surface area contributed by atoms with Crippen molar-refractivity contribution in [2.24, 2.45) is 0 Å². The number of aromatic amines is 1. The Kier molecular flexibility index (Phi) is 5.25. The number of pyridine rings is 1. The van der Waals surface area contributed by atoms with Gasteiger partial charge in [-0.3, -0.25) is 10.1 Å². The highest BCUT2D eigenvalue weighted by molar-refractivity contribution is 5.39. The van der Waals surface area contributed by atoms with Crippen LogP contribution in [0.25, 0.3) is 0 Å². The van der Waals surface area contributed by atoms with Gasteiger partial charge in [-0.25, -0.2) is 0 Å². The maximum absolute atomic E-state index is 12.1. The molecule has 3 rings (SSSR count). The number of benzene rings is 1. The van der Waals surface area contributed by atoms with E-state index in [-0.39, 0.29) is 11.7 Å². The summed E-state index contributed by atoms with van der Waals surface area (Å²) >= 11 is 0. The Morgan fingerprint density at radius 3 is 2.92 bits per heavy atom. The molecule has 0 aliphatic carbocycles. The van der Waals surface area contributed by atoms with Crippen molar-refractivity contribution in [1.82, 2.24) is 10.3 Å². The molecule has 1 aliphatic heterocycles. The second-order valence-corrected chi connectivity index (χ2v) is 6.91. The number of H-pyrrole nitrogens is 1. The lowest BCUT2D eigenvalue weighted by atomic mass is 10.0. The fraction of sp³-hybridized carbons (Fsp3) is 0.450. The largest absolute Gasteiger partial charge is 0.490 e. The van der Waals surface area contributed by atoms with Gasteiger partial charge in [-0.1, -0.05) is 6.07 Å². The van der Waals surface area contributed by atoms with E-state index in [0.717, 1.165) is 47.4 Å². The van der Waals surface area contributed by atoms with Crippen molar-refractivity contribution in [3.8, 4) is 5.75 Å². The van der Waals surface area contributed by atoms with Gasteiger partial charge in [0.25, 0.3) is 5.56 Å². The highest BCUT2D eigenvalue weighted by Crippen LogP contribution is 2.29. The predicted octanol–water partition coefficient (Wildman–Crippen LogP) is 2.88. The van der Waals surface area contributed by atoms with Gasteiger partial charge in [0.05, 0.1) is 6.10 Å². The molecule has 2 aromatic rings. The summed E-state index contributed by atoms with van der Waals surface area (Å²) in [5, 5.41) is 13.5. The number of nitrogens with one attached hydrogen (secondary N) is 2. The van der Waals surface area contributed by atoms with Crippen molar-refractivity contribution in [3.05, 3.63) is 62.6 Å². The topological polar surface area (TPSA) is 74.3 Å². The van der Waals surface area contributed by atoms with Crippen LogP contribution in [0.2, 0.25) is 0 Å². The number of aliphatic hydroxyl groups is 1. The Bertz CT molecular complexity index is 813. The molecule has 0 radical (unpaired) electrons. The third-order valence-corrected chi connectivity index (χ3v) is 4.75. The number of ether oxygens (including phenoxy) is 1. The normalized spacial score (nSPS) is 18.2. The molecule has 134 valence electrons. The average Bonchev–Trinajstić information content (AvgIpc) is 2.73. The molecule has 2 unspecified atom stereocenters. The molecule has 0 amide bonds. The molecular weight excluding hydrogens is 316 g/mol. The van der Waals surface area contributed by atoms with Gasteiger partial charge in [0.1, 0.15) is 12.0 Å². The molecule has 1 aromatic carbocycles. The second-order valence-electron chi connectivity index (χ2n) is 6.91. The molecule has 0 spiro atoms. The van der Waals surface area contributed by atoms with E-state index in [0.29, 0.717) is 12.1 Å². The minimum atomic E-state index is -0.828. The monoisotopic (exact) mass is 342 g/mol. The molecule has 3 N–H and O–H groups in total. The van der Waals surface area contributed by atoms with Crippen molar-refractivity contribution in [3.63, 3.8) is 0 Å². The van der Waals surface area contributed by atoms with E-state index < -0.39 is 6.23 Å². The molecule has 0 saturated carbocycles.